The van der Waals surface area contributed by atoms with Crippen LogP contribution in [0.3, 0.4) is 0 Å². The number of carbonyl (C=O) groups excluding carboxylic acids is 1. The largest absolute Gasteiger partial charge is 0.391 e. The van der Waals surface area contributed by atoms with Gasteiger partial charge in [-0.3, -0.25) is 9.78 Å². The smallest absolute Gasteiger partial charge is 0.349 e. The highest BCUT2D eigenvalue weighted by Gasteiger charge is 2.30. The van der Waals surface area contributed by atoms with Crippen LogP contribution in [-0.4, -0.2) is 23.1 Å². The Bertz CT molecular complexity index is 448. The van der Waals surface area contributed by atoms with Gasteiger partial charge in [0, 0.05) is 17.9 Å². The van der Waals surface area contributed by atoms with Crippen molar-refractivity contribution in [2.45, 2.75) is 32.5 Å². The van der Waals surface area contributed by atoms with Crippen LogP contribution in [0.4, 0.5) is 13.2 Å². The summed E-state index contributed by atoms with van der Waals surface area (Å²) in [4.78, 5) is 15.5. The van der Waals surface area contributed by atoms with Gasteiger partial charge in [0.25, 0.3) is 5.91 Å². The maximum absolute atomic E-state index is 12.1. The molecule has 1 heterocycles. The van der Waals surface area contributed by atoms with E-state index in [1.807, 2.05) is 0 Å². The molecule has 18 heavy (non-hydrogen) atoms. The van der Waals surface area contributed by atoms with Gasteiger partial charge in [-0.2, -0.15) is 13.2 Å². The second-order valence-electron chi connectivity index (χ2n) is 4.00. The van der Waals surface area contributed by atoms with Gasteiger partial charge in [0.05, 0.1) is 17.0 Å². The minimum absolute atomic E-state index is 0.0660. The third-order valence-corrected chi connectivity index (χ3v) is 2.46. The maximum Gasteiger partial charge on any atom is 0.391 e. The molecule has 100 valence electrons. The molecule has 0 spiro atoms. The van der Waals surface area contributed by atoms with E-state index in [0.717, 1.165) is 0 Å². The van der Waals surface area contributed by atoms with E-state index >= 15 is 0 Å². The molecule has 0 radical (unpaired) electrons. The topological polar surface area (TPSA) is 42.0 Å². The normalized spacial score (nSPS) is 13.2. The molecule has 1 atom stereocenters. The van der Waals surface area contributed by atoms with E-state index in [2.05, 4.69) is 10.3 Å². The Kier molecular flexibility index (Phi) is 4.56. The zero-order chi connectivity index (χ0) is 13.9. The zero-order valence-corrected chi connectivity index (χ0v) is 10.6. The van der Waals surface area contributed by atoms with E-state index in [1.54, 1.807) is 6.92 Å². The molecular formula is C11H12ClF3N2O. The van der Waals surface area contributed by atoms with Crippen molar-refractivity contribution in [2.24, 2.45) is 0 Å². The van der Waals surface area contributed by atoms with Gasteiger partial charge in [-0.1, -0.05) is 11.6 Å². The quantitative estimate of drug-likeness (QED) is 0.924. The van der Waals surface area contributed by atoms with Gasteiger partial charge in [-0.05, 0) is 19.9 Å². The third-order valence-electron chi connectivity index (χ3n) is 2.15. The lowest BCUT2D eigenvalue weighted by molar-refractivity contribution is -0.138. The molecule has 1 unspecified atom stereocenters. The second kappa shape index (κ2) is 5.56. The molecule has 0 saturated carbocycles. The summed E-state index contributed by atoms with van der Waals surface area (Å²) >= 11 is 5.82. The Morgan fingerprint density at radius 1 is 1.56 bits per heavy atom. The average molecular weight is 281 g/mol. The van der Waals surface area contributed by atoms with Crippen molar-refractivity contribution >= 4 is 17.5 Å². The lowest BCUT2D eigenvalue weighted by Gasteiger charge is -2.16. The molecule has 3 nitrogen and oxygen atoms in total. The molecule has 0 aromatic carbocycles. The highest BCUT2D eigenvalue weighted by atomic mass is 35.5. The Morgan fingerprint density at radius 3 is 2.67 bits per heavy atom. The molecule has 1 N–H and O–H groups in total. The molecule has 0 saturated heterocycles. The number of nitrogens with zero attached hydrogens (tertiary/aromatic N) is 1. The molecule has 0 aliphatic rings. The fourth-order valence-electron chi connectivity index (χ4n) is 1.39. The number of hydrogen-bond donors (Lipinski definition) is 1. The van der Waals surface area contributed by atoms with Crippen LogP contribution in [-0.2, 0) is 0 Å². The lowest BCUT2D eigenvalue weighted by atomic mass is 10.2. The number of alkyl halides is 3. The van der Waals surface area contributed by atoms with Gasteiger partial charge in [0.2, 0.25) is 0 Å². The Morgan fingerprint density at radius 2 is 2.17 bits per heavy atom. The van der Waals surface area contributed by atoms with Gasteiger partial charge in [0.15, 0.2) is 0 Å². The number of nitrogens with one attached hydrogen (secondary N) is 1. The molecule has 7 heteroatoms. The summed E-state index contributed by atoms with van der Waals surface area (Å²) in [5, 5.41) is 2.40. The molecule has 0 aliphatic carbocycles. The van der Waals surface area contributed by atoms with E-state index in [1.165, 1.54) is 19.2 Å². The number of halogens is 4. The van der Waals surface area contributed by atoms with Crippen LogP contribution in [0, 0.1) is 6.92 Å². The molecular weight excluding hydrogens is 269 g/mol. The van der Waals surface area contributed by atoms with E-state index in [0.29, 0.717) is 5.69 Å². The number of amides is 1. The maximum atomic E-state index is 12.1. The van der Waals surface area contributed by atoms with Gasteiger partial charge in [0.1, 0.15) is 0 Å². The molecule has 1 aromatic heterocycles. The van der Waals surface area contributed by atoms with Crippen molar-refractivity contribution in [1.29, 1.82) is 0 Å². The SMILES string of the molecule is Cc1cc(Cl)c(C(=O)NC(C)CC(F)(F)F)cn1. The highest BCUT2D eigenvalue weighted by molar-refractivity contribution is 6.33. The predicted molar refractivity (Wildman–Crippen MR) is 61.6 cm³/mol. The summed E-state index contributed by atoms with van der Waals surface area (Å²) in [6, 6.07) is 0.458. The standard InChI is InChI=1S/C11H12ClF3N2O/c1-6-3-9(12)8(5-16-6)10(18)17-7(2)4-11(13,14)15/h3,5,7H,4H2,1-2H3,(H,17,18). The summed E-state index contributed by atoms with van der Waals surface area (Å²) < 4.78 is 36.3. The first-order chi connectivity index (χ1) is 8.19. The van der Waals surface area contributed by atoms with E-state index in [4.69, 9.17) is 11.6 Å². The van der Waals surface area contributed by atoms with Crippen LogP contribution in [0.25, 0.3) is 0 Å². The fraction of sp³-hybridized carbons (Fsp3) is 0.455. The number of hydrogen-bond acceptors (Lipinski definition) is 2. The van der Waals surface area contributed by atoms with Crippen LogP contribution in [0.1, 0.15) is 29.4 Å². The van der Waals surface area contributed by atoms with Crippen LogP contribution in [0.2, 0.25) is 5.02 Å². The van der Waals surface area contributed by atoms with Gasteiger partial charge < -0.3 is 5.32 Å². The van der Waals surface area contributed by atoms with Crippen molar-refractivity contribution < 1.29 is 18.0 Å². The molecule has 0 aliphatic heterocycles. The number of rotatable bonds is 3. The van der Waals surface area contributed by atoms with Gasteiger partial charge >= 0.3 is 6.18 Å². The van der Waals surface area contributed by atoms with Crippen molar-refractivity contribution in [2.75, 3.05) is 0 Å². The molecule has 1 aromatic rings. The van der Waals surface area contributed by atoms with E-state index in [9.17, 15) is 18.0 Å². The number of pyridine rings is 1. The van der Waals surface area contributed by atoms with Crippen molar-refractivity contribution in [3.8, 4) is 0 Å². The van der Waals surface area contributed by atoms with E-state index < -0.39 is 24.5 Å². The van der Waals surface area contributed by atoms with Crippen molar-refractivity contribution in [3.05, 3.63) is 28.5 Å². The minimum Gasteiger partial charge on any atom is -0.349 e. The Labute approximate surface area is 107 Å². The first-order valence-corrected chi connectivity index (χ1v) is 5.56. The lowest BCUT2D eigenvalue weighted by Crippen LogP contribution is -2.36. The summed E-state index contributed by atoms with van der Waals surface area (Å²) in [5.74, 6) is -0.663. The summed E-state index contributed by atoms with van der Waals surface area (Å²) in [7, 11) is 0. The average Bonchev–Trinajstić information content (AvgIpc) is 2.13. The molecule has 1 rings (SSSR count). The Balaban J connectivity index is 2.71. The summed E-state index contributed by atoms with van der Waals surface area (Å²) in [6.45, 7) is 2.97. The summed E-state index contributed by atoms with van der Waals surface area (Å²) in [5.41, 5.74) is 0.691. The van der Waals surface area contributed by atoms with Crippen LogP contribution < -0.4 is 5.32 Å². The predicted octanol–water partition coefficient (Wildman–Crippen LogP) is 3.11. The first-order valence-electron chi connectivity index (χ1n) is 5.19. The number of aromatic nitrogens is 1. The van der Waals surface area contributed by atoms with Crippen LogP contribution in [0.15, 0.2) is 12.3 Å². The van der Waals surface area contributed by atoms with Crippen molar-refractivity contribution in [3.63, 3.8) is 0 Å². The van der Waals surface area contributed by atoms with Gasteiger partial charge in [-0.15, -0.1) is 0 Å². The van der Waals surface area contributed by atoms with Gasteiger partial charge in [-0.25, -0.2) is 0 Å². The number of carbonyl (C=O) groups is 1. The fourth-order valence-corrected chi connectivity index (χ4v) is 1.69. The zero-order valence-electron chi connectivity index (χ0n) is 9.81. The summed E-state index contributed by atoms with van der Waals surface area (Å²) in [6.07, 6.45) is -4.16. The highest BCUT2D eigenvalue weighted by Crippen LogP contribution is 2.22. The van der Waals surface area contributed by atoms with E-state index in [-0.39, 0.29) is 10.6 Å². The Hall–Kier alpha value is -1.30. The molecule has 0 fully saturated rings. The van der Waals surface area contributed by atoms with Crippen LogP contribution in [0.5, 0.6) is 0 Å². The second-order valence-corrected chi connectivity index (χ2v) is 4.41. The third kappa shape index (κ3) is 4.52. The van der Waals surface area contributed by atoms with Crippen molar-refractivity contribution in [1.82, 2.24) is 10.3 Å². The molecule has 0 bridgehead atoms. The van der Waals surface area contributed by atoms with Crippen LogP contribution >= 0.6 is 11.6 Å². The number of aryl methyl sites for hydroxylation is 1. The molecule has 1 amide bonds. The minimum atomic E-state index is -4.32. The monoisotopic (exact) mass is 280 g/mol. The first kappa shape index (κ1) is 14.8.